The molecule has 5 nitrogen and oxygen atoms in total. The van der Waals surface area contributed by atoms with Crippen LogP contribution in [0.3, 0.4) is 0 Å². The van der Waals surface area contributed by atoms with Crippen molar-refractivity contribution in [2.75, 3.05) is 18.2 Å². The van der Waals surface area contributed by atoms with Gasteiger partial charge in [-0.15, -0.1) is 11.8 Å². The van der Waals surface area contributed by atoms with Gasteiger partial charge in [0.15, 0.2) is 12.7 Å². The van der Waals surface area contributed by atoms with Gasteiger partial charge in [0.25, 0.3) is 5.91 Å². The van der Waals surface area contributed by atoms with Gasteiger partial charge in [-0.05, 0) is 49.6 Å². The third kappa shape index (κ3) is 5.79. The van der Waals surface area contributed by atoms with Crippen LogP contribution in [0.25, 0.3) is 0 Å². The van der Waals surface area contributed by atoms with Crippen molar-refractivity contribution in [3.05, 3.63) is 54.3 Å². The predicted octanol–water partition coefficient (Wildman–Crippen LogP) is 3.50. The second kappa shape index (κ2) is 9.08. The van der Waals surface area contributed by atoms with Crippen LogP contribution in [0.5, 0.6) is 5.75 Å². The molecule has 0 aliphatic heterocycles. The number of ether oxygens (including phenoxy) is 2. The Balaban J connectivity index is 1.82. The minimum atomic E-state index is -0.920. The Bertz CT molecular complexity index is 736. The third-order valence-corrected chi connectivity index (χ3v) is 3.98. The first kappa shape index (κ1) is 18.8. The maximum absolute atomic E-state index is 12.8. The fourth-order valence-electron chi connectivity index (χ4n) is 1.95. The standard InChI is InChI=1S/C18H18FNO4S/c1-12(24-14-9-7-13(19)8-10-14)18(22)23-11-17(21)20-15-5-3-4-6-16(15)25-2/h3-10,12H,11H2,1-2H3,(H,20,21)/t12-/m0/s1. The van der Waals surface area contributed by atoms with Crippen molar-refractivity contribution in [1.29, 1.82) is 0 Å². The van der Waals surface area contributed by atoms with E-state index in [9.17, 15) is 14.0 Å². The van der Waals surface area contributed by atoms with E-state index in [1.165, 1.54) is 43.0 Å². The molecule has 132 valence electrons. The molecule has 0 spiro atoms. The molecule has 1 amide bonds. The number of benzene rings is 2. The molecular formula is C18H18FNO4S. The van der Waals surface area contributed by atoms with Gasteiger partial charge in [0.05, 0.1) is 5.69 Å². The average Bonchev–Trinajstić information content (AvgIpc) is 2.62. The van der Waals surface area contributed by atoms with Gasteiger partial charge in [-0.1, -0.05) is 12.1 Å². The molecule has 0 saturated carbocycles. The molecule has 25 heavy (non-hydrogen) atoms. The number of carbonyl (C=O) groups excluding carboxylic acids is 2. The van der Waals surface area contributed by atoms with Crippen LogP contribution < -0.4 is 10.1 Å². The van der Waals surface area contributed by atoms with Gasteiger partial charge in [0.1, 0.15) is 11.6 Å². The van der Waals surface area contributed by atoms with Crippen molar-refractivity contribution in [2.45, 2.75) is 17.9 Å². The van der Waals surface area contributed by atoms with E-state index in [1.54, 1.807) is 12.1 Å². The van der Waals surface area contributed by atoms with Crippen molar-refractivity contribution in [3.8, 4) is 5.75 Å². The van der Waals surface area contributed by atoms with Gasteiger partial charge in [-0.2, -0.15) is 0 Å². The Morgan fingerprint density at radius 2 is 1.84 bits per heavy atom. The van der Waals surface area contributed by atoms with Crippen molar-refractivity contribution in [3.63, 3.8) is 0 Å². The highest BCUT2D eigenvalue weighted by Crippen LogP contribution is 2.24. The molecule has 0 aliphatic rings. The summed E-state index contributed by atoms with van der Waals surface area (Å²) in [7, 11) is 0. The zero-order valence-electron chi connectivity index (χ0n) is 13.8. The lowest BCUT2D eigenvalue weighted by Gasteiger charge is -2.14. The number of nitrogens with one attached hydrogen (secondary N) is 1. The number of hydrogen-bond donors (Lipinski definition) is 1. The van der Waals surface area contributed by atoms with Gasteiger partial charge >= 0.3 is 5.97 Å². The lowest BCUT2D eigenvalue weighted by atomic mass is 10.3. The van der Waals surface area contributed by atoms with E-state index in [4.69, 9.17) is 9.47 Å². The van der Waals surface area contributed by atoms with Crippen LogP contribution in [0, 0.1) is 5.82 Å². The Hall–Kier alpha value is -2.54. The fourth-order valence-corrected chi connectivity index (χ4v) is 2.51. The molecule has 0 radical (unpaired) electrons. The van der Waals surface area contributed by atoms with Crippen LogP contribution in [-0.2, 0) is 14.3 Å². The minimum absolute atomic E-state index is 0.337. The molecule has 2 rings (SSSR count). The number of halogens is 1. The molecular weight excluding hydrogens is 345 g/mol. The van der Waals surface area contributed by atoms with Crippen LogP contribution in [0.1, 0.15) is 6.92 Å². The zero-order chi connectivity index (χ0) is 18.2. The number of anilines is 1. The topological polar surface area (TPSA) is 64.6 Å². The summed E-state index contributed by atoms with van der Waals surface area (Å²) in [5.74, 6) is -1.18. The largest absolute Gasteiger partial charge is 0.479 e. The highest BCUT2D eigenvalue weighted by molar-refractivity contribution is 7.98. The number of thioether (sulfide) groups is 1. The summed E-state index contributed by atoms with van der Waals surface area (Å²) in [5.41, 5.74) is 0.659. The number of rotatable bonds is 7. The highest BCUT2D eigenvalue weighted by atomic mass is 32.2. The van der Waals surface area contributed by atoms with Crippen LogP contribution in [0.15, 0.2) is 53.4 Å². The smallest absolute Gasteiger partial charge is 0.347 e. The van der Waals surface area contributed by atoms with Crippen molar-refractivity contribution < 1.29 is 23.5 Å². The predicted molar refractivity (Wildman–Crippen MR) is 94.3 cm³/mol. The van der Waals surface area contributed by atoms with Crippen LogP contribution in [0.2, 0.25) is 0 Å². The number of para-hydroxylation sites is 1. The summed E-state index contributed by atoms with van der Waals surface area (Å²) in [6.45, 7) is 1.07. The van der Waals surface area contributed by atoms with E-state index in [-0.39, 0.29) is 0 Å². The van der Waals surface area contributed by atoms with Crippen LogP contribution in [-0.4, -0.2) is 30.8 Å². The average molecular weight is 363 g/mol. The normalized spacial score (nSPS) is 11.5. The molecule has 0 aromatic heterocycles. The molecule has 0 aliphatic carbocycles. The molecule has 2 aromatic carbocycles. The zero-order valence-corrected chi connectivity index (χ0v) is 14.6. The molecule has 0 unspecified atom stereocenters. The fraction of sp³-hybridized carbons (Fsp3) is 0.222. The van der Waals surface area contributed by atoms with E-state index in [0.717, 1.165) is 4.90 Å². The number of esters is 1. The van der Waals surface area contributed by atoms with Crippen molar-refractivity contribution >= 4 is 29.3 Å². The highest BCUT2D eigenvalue weighted by Gasteiger charge is 2.18. The van der Waals surface area contributed by atoms with Crippen LogP contribution >= 0.6 is 11.8 Å². The summed E-state index contributed by atoms with van der Waals surface area (Å²) in [6.07, 6.45) is 0.983. The van der Waals surface area contributed by atoms with Crippen molar-refractivity contribution in [2.24, 2.45) is 0 Å². The minimum Gasteiger partial charge on any atom is -0.479 e. The lowest BCUT2D eigenvalue weighted by molar-refractivity contribution is -0.153. The lowest BCUT2D eigenvalue weighted by Crippen LogP contribution is -2.29. The Morgan fingerprint density at radius 3 is 2.52 bits per heavy atom. The summed E-state index contributed by atoms with van der Waals surface area (Å²) in [6, 6.07) is 12.6. The quantitative estimate of drug-likeness (QED) is 0.603. The monoisotopic (exact) mass is 363 g/mol. The molecule has 1 N–H and O–H groups in total. The van der Waals surface area contributed by atoms with Gasteiger partial charge in [-0.25, -0.2) is 9.18 Å². The van der Waals surface area contributed by atoms with E-state index < -0.39 is 30.4 Å². The van der Waals surface area contributed by atoms with E-state index >= 15 is 0 Å². The SMILES string of the molecule is CSc1ccccc1NC(=O)COC(=O)[C@H](C)Oc1ccc(F)cc1. The molecule has 2 aromatic rings. The van der Waals surface area contributed by atoms with E-state index in [1.807, 2.05) is 18.4 Å². The molecule has 0 saturated heterocycles. The Kier molecular flexibility index (Phi) is 6.82. The molecule has 7 heteroatoms. The molecule has 0 fully saturated rings. The van der Waals surface area contributed by atoms with Gasteiger partial charge in [0.2, 0.25) is 0 Å². The summed E-state index contributed by atoms with van der Waals surface area (Å²) in [5, 5.41) is 2.69. The number of amides is 1. The van der Waals surface area contributed by atoms with Crippen LogP contribution in [0.4, 0.5) is 10.1 Å². The second-order valence-electron chi connectivity index (χ2n) is 5.07. The van der Waals surface area contributed by atoms with Crippen molar-refractivity contribution in [1.82, 2.24) is 0 Å². The van der Waals surface area contributed by atoms with E-state index in [2.05, 4.69) is 5.32 Å². The summed E-state index contributed by atoms with van der Waals surface area (Å²) >= 11 is 1.50. The summed E-state index contributed by atoms with van der Waals surface area (Å²) < 4.78 is 23.1. The molecule has 1 atom stereocenters. The maximum atomic E-state index is 12.8. The van der Waals surface area contributed by atoms with Gasteiger partial charge < -0.3 is 14.8 Å². The maximum Gasteiger partial charge on any atom is 0.347 e. The van der Waals surface area contributed by atoms with Gasteiger partial charge in [-0.3, -0.25) is 4.79 Å². The Morgan fingerprint density at radius 1 is 1.16 bits per heavy atom. The number of hydrogen-bond acceptors (Lipinski definition) is 5. The first-order valence-corrected chi connectivity index (χ1v) is 8.74. The first-order chi connectivity index (χ1) is 12.0. The first-order valence-electron chi connectivity index (χ1n) is 7.51. The van der Waals surface area contributed by atoms with E-state index in [0.29, 0.717) is 11.4 Å². The Labute approximate surface area is 149 Å². The molecule has 0 bridgehead atoms. The second-order valence-corrected chi connectivity index (χ2v) is 5.92. The third-order valence-electron chi connectivity index (χ3n) is 3.19. The summed E-state index contributed by atoms with van der Waals surface area (Å²) in [4.78, 5) is 24.7. The number of carbonyl (C=O) groups is 2. The van der Waals surface area contributed by atoms with Gasteiger partial charge in [0, 0.05) is 4.90 Å². The molecule has 0 heterocycles.